The number of hydrogen-bond acceptors (Lipinski definition) is 4. The highest BCUT2D eigenvalue weighted by Crippen LogP contribution is 2.27. The van der Waals surface area contributed by atoms with Crippen molar-refractivity contribution in [3.63, 3.8) is 0 Å². The first kappa shape index (κ1) is 22.3. The Kier molecular flexibility index (Phi) is 7.51. The van der Waals surface area contributed by atoms with E-state index in [0.29, 0.717) is 18.7 Å². The Morgan fingerprint density at radius 3 is 2.21 bits per heavy atom. The van der Waals surface area contributed by atoms with Crippen molar-refractivity contribution in [3.8, 4) is 0 Å². The molecule has 0 radical (unpaired) electrons. The summed E-state index contributed by atoms with van der Waals surface area (Å²) in [6.45, 7) is 0. The lowest BCUT2D eigenvalue weighted by molar-refractivity contribution is -0.116. The van der Waals surface area contributed by atoms with Crippen molar-refractivity contribution in [3.05, 3.63) is 113 Å². The van der Waals surface area contributed by atoms with Crippen LogP contribution in [0.25, 0.3) is 0 Å². The SMILES string of the molecule is NC(=NC(CCC(=O)Nc1ccccc1Nc1ccccc1)c1ccccc1)c1cccs1. The lowest BCUT2D eigenvalue weighted by Crippen LogP contribution is -2.16. The van der Waals surface area contributed by atoms with Crippen LogP contribution in [0.5, 0.6) is 0 Å². The Balaban J connectivity index is 1.45. The third-order valence-electron chi connectivity index (χ3n) is 5.15. The number of amides is 1. The number of carbonyl (C=O) groups is 1. The van der Waals surface area contributed by atoms with E-state index in [0.717, 1.165) is 27.5 Å². The number of thiophene rings is 1. The molecule has 4 rings (SSSR count). The summed E-state index contributed by atoms with van der Waals surface area (Å²) in [5, 5.41) is 8.37. The number of benzene rings is 3. The summed E-state index contributed by atoms with van der Waals surface area (Å²) in [5.41, 5.74) is 9.83. The van der Waals surface area contributed by atoms with Gasteiger partial charge in [-0.05, 0) is 47.7 Å². The van der Waals surface area contributed by atoms with E-state index >= 15 is 0 Å². The maximum atomic E-state index is 12.9. The Hall–Kier alpha value is -3.90. The summed E-state index contributed by atoms with van der Waals surface area (Å²) in [5.74, 6) is 0.430. The molecular formula is C27H26N4OS. The summed E-state index contributed by atoms with van der Waals surface area (Å²) < 4.78 is 0. The van der Waals surface area contributed by atoms with E-state index in [-0.39, 0.29) is 11.9 Å². The number of anilines is 3. The molecule has 0 saturated carbocycles. The minimum Gasteiger partial charge on any atom is -0.383 e. The summed E-state index contributed by atoms with van der Waals surface area (Å²) in [4.78, 5) is 18.5. The summed E-state index contributed by atoms with van der Waals surface area (Å²) in [6.07, 6.45) is 0.872. The number of nitrogens with two attached hydrogens (primary N) is 1. The highest BCUT2D eigenvalue weighted by atomic mass is 32.1. The van der Waals surface area contributed by atoms with Gasteiger partial charge in [-0.1, -0.05) is 66.7 Å². The zero-order chi connectivity index (χ0) is 22.9. The second kappa shape index (κ2) is 11.1. The zero-order valence-corrected chi connectivity index (χ0v) is 19.0. The van der Waals surface area contributed by atoms with Crippen molar-refractivity contribution in [2.24, 2.45) is 10.7 Å². The van der Waals surface area contributed by atoms with Crippen LogP contribution in [0.2, 0.25) is 0 Å². The predicted molar refractivity (Wildman–Crippen MR) is 138 cm³/mol. The monoisotopic (exact) mass is 454 g/mol. The van der Waals surface area contributed by atoms with Crippen molar-refractivity contribution in [2.75, 3.05) is 10.6 Å². The normalized spacial score (nSPS) is 12.2. The van der Waals surface area contributed by atoms with Crippen LogP contribution in [0.4, 0.5) is 17.1 Å². The number of nitrogens with zero attached hydrogens (tertiary/aromatic N) is 1. The van der Waals surface area contributed by atoms with Gasteiger partial charge in [0.15, 0.2) is 0 Å². The molecule has 0 spiro atoms. The summed E-state index contributed by atoms with van der Waals surface area (Å²) in [6, 6.07) is 31.2. The van der Waals surface area contributed by atoms with Crippen molar-refractivity contribution in [1.82, 2.24) is 0 Å². The maximum absolute atomic E-state index is 12.9. The Labute approximate surface area is 198 Å². The van der Waals surface area contributed by atoms with Crippen LogP contribution in [0.3, 0.4) is 0 Å². The molecule has 0 aliphatic carbocycles. The average Bonchev–Trinajstić information content (AvgIpc) is 3.39. The molecule has 0 aliphatic heterocycles. The van der Waals surface area contributed by atoms with E-state index in [1.807, 2.05) is 102 Å². The number of amidine groups is 1. The van der Waals surface area contributed by atoms with Crippen LogP contribution < -0.4 is 16.4 Å². The van der Waals surface area contributed by atoms with Crippen LogP contribution in [0.1, 0.15) is 29.3 Å². The standard InChI is InChI=1S/C27H26N4OS/c28-27(25-16-9-19-33-25)31-22(20-10-3-1-4-11-20)17-18-26(32)30-24-15-8-7-14-23(24)29-21-12-5-2-6-13-21/h1-16,19,22,29H,17-18H2,(H2,28,31)(H,30,32). The van der Waals surface area contributed by atoms with Gasteiger partial charge in [-0.3, -0.25) is 9.79 Å². The molecule has 1 atom stereocenters. The molecule has 1 unspecified atom stereocenters. The van der Waals surface area contributed by atoms with Gasteiger partial charge in [-0.15, -0.1) is 11.3 Å². The molecule has 0 saturated heterocycles. The van der Waals surface area contributed by atoms with Gasteiger partial charge in [0.05, 0.1) is 22.3 Å². The smallest absolute Gasteiger partial charge is 0.224 e. The number of carbonyl (C=O) groups excluding carboxylic acids is 1. The first-order chi connectivity index (χ1) is 16.2. The molecule has 1 amide bonds. The average molecular weight is 455 g/mol. The number of aliphatic imine (C=N–C) groups is 1. The molecule has 1 aromatic heterocycles. The third kappa shape index (κ3) is 6.30. The lowest BCUT2D eigenvalue weighted by atomic mass is 10.0. The molecule has 0 fully saturated rings. The minimum atomic E-state index is -0.197. The Bertz CT molecular complexity index is 1190. The second-order valence-electron chi connectivity index (χ2n) is 7.54. The van der Waals surface area contributed by atoms with E-state index < -0.39 is 0 Å². The van der Waals surface area contributed by atoms with Gasteiger partial charge in [-0.2, -0.15) is 0 Å². The quantitative estimate of drug-likeness (QED) is 0.203. The van der Waals surface area contributed by atoms with Gasteiger partial charge in [-0.25, -0.2) is 0 Å². The van der Waals surface area contributed by atoms with E-state index in [1.165, 1.54) is 0 Å². The van der Waals surface area contributed by atoms with Crippen molar-refractivity contribution in [1.29, 1.82) is 0 Å². The topological polar surface area (TPSA) is 79.5 Å². The highest BCUT2D eigenvalue weighted by Gasteiger charge is 2.15. The van der Waals surface area contributed by atoms with Crippen LogP contribution in [-0.4, -0.2) is 11.7 Å². The van der Waals surface area contributed by atoms with E-state index in [2.05, 4.69) is 10.6 Å². The van der Waals surface area contributed by atoms with Crippen LogP contribution in [0, 0.1) is 0 Å². The van der Waals surface area contributed by atoms with Crippen LogP contribution >= 0.6 is 11.3 Å². The highest BCUT2D eigenvalue weighted by molar-refractivity contribution is 7.12. The molecule has 5 nitrogen and oxygen atoms in total. The van der Waals surface area contributed by atoms with Crippen LogP contribution in [0.15, 0.2) is 107 Å². The molecule has 4 N–H and O–H groups in total. The Morgan fingerprint density at radius 1 is 0.848 bits per heavy atom. The lowest BCUT2D eigenvalue weighted by Gasteiger charge is -2.16. The van der Waals surface area contributed by atoms with Crippen molar-refractivity contribution in [2.45, 2.75) is 18.9 Å². The summed E-state index contributed by atoms with van der Waals surface area (Å²) in [7, 11) is 0. The fourth-order valence-corrected chi connectivity index (χ4v) is 4.13. The van der Waals surface area contributed by atoms with E-state index in [9.17, 15) is 4.79 Å². The van der Waals surface area contributed by atoms with Gasteiger partial charge < -0.3 is 16.4 Å². The predicted octanol–water partition coefficient (Wildman–Crippen LogP) is 6.36. The molecule has 6 heteroatoms. The first-order valence-corrected chi connectivity index (χ1v) is 11.7. The van der Waals surface area contributed by atoms with Crippen molar-refractivity contribution < 1.29 is 4.79 Å². The fraction of sp³-hybridized carbons (Fsp3) is 0.111. The number of hydrogen-bond donors (Lipinski definition) is 3. The molecule has 33 heavy (non-hydrogen) atoms. The zero-order valence-electron chi connectivity index (χ0n) is 18.1. The molecular weight excluding hydrogens is 428 g/mol. The van der Waals surface area contributed by atoms with E-state index in [4.69, 9.17) is 10.7 Å². The molecule has 166 valence electrons. The maximum Gasteiger partial charge on any atom is 0.224 e. The number of nitrogens with one attached hydrogen (secondary N) is 2. The minimum absolute atomic E-state index is 0.0665. The third-order valence-corrected chi connectivity index (χ3v) is 6.04. The van der Waals surface area contributed by atoms with Gasteiger partial charge in [0.25, 0.3) is 0 Å². The van der Waals surface area contributed by atoms with Gasteiger partial charge in [0, 0.05) is 12.1 Å². The van der Waals surface area contributed by atoms with Gasteiger partial charge >= 0.3 is 0 Å². The van der Waals surface area contributed by atoms with Crippen LogP contribution in [-0.2, 0) is 4.79 Å². The van der Waals surface area contributed by atoms with Crippen molar-refractivity contribution >= 4 is 40.1 Å². The first-order valence-electron chi connectivity index (χ1n) is 10.8. The largest absolute Gasteiger partial charge is 0.383 e. The number of para-hydroxylation sites is 3. The molecule has 4 aromatic rings. The molecule has 0 aliphatic rings. The molecule has 1 heterocycles. The van der Waals surface area contributed by atoms with Gasteiger partial charge in [0.1, 0.15) is 5.84 Å². The molecule has 0 bridgehead atoms. The summed E-state index contributed by atoms with van der Waals surface area (Å²) >= 11 is 1.55. The Morgan fingerprint density at radius 2 is 1.52 bits per heavy atom. The molecule has 3 aromatic carbocycles. The number of rotatable bonds is 9. The van der Waals surface area contributed by atoms with E-state index in [1.54, 1.807) is 11.3 Å². The second-order valence-corrected chi connectivity index (χ2v) is 8.49. The fourth-order valence-electron chi connectivity index (χ4n) is 3.50. The van der Waals surface area contributed by atoms with Gasteiger partial charge in [0.2, 0.25) is 5.91 Å².